The van der Waals surface area contributed by atoms with Crippen molar-refractivity contribution in [1.29, 1.82) is 0 Å². The smallest absolute Gasteiger partial charge is 0.249 e. The number of hydrogen-bond acceptors (Lipinski definition) is 3. The summed E-state index contributed by atoms with van der Waals surface area (Å²) in [5.41, 5.74) is 1.36. The topological polar surface area (TPSA) is 41.6 Å². The second kappa shape index (κ2) is 7.05. The molecule has 2 fully saturated rings. The number of likely N-dealkylation sites (tertiary alicyclic amines) is 1. The monoisotopic (exact) mass is 288 g/mol. The Balaban J connectivity index is 1.41. The molecule has 1 N–H and O–H groups in total. The van der Waals surface area contributed by atoms with Crippen LogP contribution in [0, 0.1) is 0 Å². The van der Waals surface area contributed by atoms with Gasteiger partial charge in [-0.05, 0) is 31.2 Å². The first-order valence-electron chi connectivity index (χ1n) is 7.99. The normalized spacial score (nSPS) is 24.1. The molecule has 1 atom stereocenters. The number of nitrogens with one attached hydrogen (secondary N) is 1. The number of amides is 1. The van der Waals surface area contributed by atoms with Gasteiger partial charge in [0.15, 0.2) is 0 Å². The van der Waals surface area contributed by atoms with Crippen molar-refractivity contribution >= 4 is 5.91 Å². The van der Waals surface area contributed by atoms with E-state index < -0.39 is 0 Å². The van der Waals surface area contributed by atoms with Gasteiger partial charge in [0.1, 0.15) is 6.10 Å². The van der Waals surface area contributed by atoms with Gasteiger partial charge in [0.2, 0.25) is 5.91 Å². The van der Waals surface area contributed by atoms with Crippen molar-refractivity contribution in [2.75, 3.05) is 19.7 Å². The van der Waals surface area contributed by atoms with E-state index in [0.29, 0.717) is 6.04 Å². The summed E-state index contributed by atoms with van der Waals surface area (Å²) in [5.74, 6) is 0.0917. The largest absolute Gasteiger partial charge is 0.368 e. The third-order valence-corrected chi connectivity index (χ3v) is 4.41. The van der Waals surface area contributed by atoms with Gasteiger partial charge in [0.25, 0.3) is 0 Å². The molecule has 4 heteroatoms. The molecule has 2 heterocycles. The van der Waals surface area contributed by atoms with Crippen LogP contribution in [0.2, 0.25) is 0 Å². The lowest BCUT2D eigenvalue weighted by Gasteiger charge is -2.32. The molecular formula is C17H24N2O2. The molecule has 114 valence electrons. The van der Waals surface area contributed by atoms with Gasteiger partial charge in [-0.15, -0.1) is 0 Å². The highest BCUT2D eigenvalue weighted by Crippen LogP contribution is 2.16. The van der Waals surface area contributed by atoms with Crippen molar-refractivity contribution < 1.29 is 9.53 Å². The van der Waals surface area contributed by atoms with Crippen LogP contribution in [0.1, 0.15) is 31.2 Å². The molecule has 2 aliphatic rings. The summed E-state index contributed by atoms with van der Waals surface area (Å²) < 4.78 is 5.43. The Morgan fingerprint density at radius 1 is 1.19 bits per heavy atom. The third-order valence-electron chi connectivity index (χ3n) is 4.41. The maximum atomic E-state index is 12.0. The van der Waals surface area contributed by atoms with Crippen molar-refractivity contribution in [2.45, 2.75) is 44.4 Å². The number of hydrogen-bond donors (Lipinski definition) is 1. The zero-order chi connectivity index (χ0) is 14.5. The summed E-state index contributed by atoms with van der Waals surface area (Å²) in [6.45, 7) is 3.83. The first kappa shape index (κ1) is 14.5. The Kier molecular flexibility index (Phi) is 4.88. The van der Waals surface area contributed by atoms with Crippen LogP contribution in [0.25, 0.3) is 0 Å². The fourth-order valence-corrected chi connectivity index (χ4v) is 3.16. The van der Waals surface area contributed by atoms with Gasteiger partial charge in [-0.3, -0.25) is 9.69 Å². The lowest BCUT2D eigenvalue weighted by molar-refractivity contribution is -0.131. The van der Waals surface area contributed by atoms with Crippen LogP contribution in [-0.4, -0.2) is 42.6 Å². The second-order valence-corrected chi connectivity index (χ2v) is 6.05. The van der Waals surface area contributed by atoms with Crippen LogP contribution in [0.3, 0.4) is 0 Å². The molecule has 0 spiro atoms. The summed E-state index contributed by atoms with van der Waals surface area (Å²) in [5, 5.41) is 3.15. The van der Waals surface area contributed by atoms with Crippen molar-refractivity contribution in [2.24, 2.45) is 0 Å². The molecule has 2 saturated heterocycles. The molecule has 0 aliphatic carbocycles. The Morgan fingerprint density at radius 3 is 2.62 bits per heavy atom. The van der Waals surface area contributed by atoms with Gasteiger partial charge in [0.05, 0.1) is 0 Å². The van der Waals surface area contributed by atoms with Gasteiger partial charge in [-0.25, -0.2) is 0 Å². The quantitative estimate of drug-likeness (QED) is 0.920. The Bertz CT molecular complexity index is 449. The SMILES string of the molecule is O=C(NC1CCN(Cc2ccccc2)CC1)C1CCCO1. The molecule has 21 heavy (non-hydrogen) atoms. The van der Waals surface area contributed by atoms with E-state index in [0.717, 1.165) is 51.9 Å². The third kappa shape index (κ3) is 4.05. The highest BCUT2D eigenvalue weighted by molar-refractivity contribution is 5.81. The molecule has 1 aromatic rings. The standard InChI is InChI=1S/C17H24N2O2/c20-17(16-7-4-12-21-16)18-15-8-10-19(11-9-15)13-14-5-2-1-3-6-14/h1-3,5-6,15-16H,4,7-13H2,(H,18,20). The van der Waals surface area contributed by atoms with Gasteiger partial charge in [0, 0.05) is 32.3 Å². The number of nitrogens with zero attached hydrogens (tertiary/aromatic N) is 1. The van der Waals surface area contributed by atoms with Gasteiger partial charge in [-0.2, -0.15) is 0 Å². The molecule has 0 aromatic heterocycles. The molecule has 1 unspecified atom stereocenters. The molecular weight excluding hydrogens is 264 g/mol. The average Bonchev–Trinajstić information content (AvgIpc) is 3.05. The minimum atomic E-state index is -0.202. The second-order valence-electron chi connectivity index (χ2n) is 6.05. The molecule has 3 rings (SSSR count). The fourth-order valence-electron chi connectivity index (χ4n) is 3.16. The van der Waals surface area contributed by atoms with Crippen LogP contribution in [0.5, 0.6) is 0 Å². The van der Waals surface area contributed by atoms with Crippen LogP contribution in [-0.2, 0) is 16.1 Å². The fraction of sp³-hybridized carbons (Fsp3) is 0.588. The maximum absolute atomic E-state index is 12.0. The van der Waals surface area contributed by atoms with E-state index in [1.165, 1.54) is 5.56 Å². The number of carbonyl (C=O) groups excluding carboxylic acids is 1. The predicted octanol–water partition coefficient (Wildman–Crippen LogP) is 1.95. The van der Waals surface area contributed by atoms with Crippen molar-refractivity contribution in [3.05, 3.63) is 35.9 Å². The highest BCUT2D eigenvalue weighted by Gasteiger charge is 2.27. The summed E-state index contributed by atoms with van der Waals surface area (Å²) >= 11 is 0. The van der Waals surface area contributed by atoms with E-state index in [-0.39, 0.29) is 12.0 Å². The van der Waals surface area contributed by atoms with Gasteiger partial charge < -0.3 is 10.1 Å². The van der Waals surface area contributed by atoms with Crippen LogP contribution in [0.4, 0.5) is 0 Å². The number of piperidine rings is 1. The molecule has 2 aliphatic heterocycles. The molecule has 0 bridgehead atoms. The van der Waals surface area contributed by atoms with Crippen LogP contribution in [0.15, 0.2) is 30.3 Å². The van der Waals surface area contributed by atoms with E-state index in [2.05, 4.69) is 40.5 Å². The summed E-state index contributed by atoms with van der Waals surface area (Å²) in [7, 11) is 0. The Hall–Kier alpha value is -1.39. The zero-order valence-electron chi connectivity index (χ0n) is 12.5. The minimum Gasteiger partial charge on any atom is -0.368 e. The Labute approximate surface area is 126 Å². The van der Waals surface area contributed by atoms with Gasteiger partial charge in [-0.1, -0.05) is 30.3 Å². The highest BCUT2D eigenvalue weighted by atomic mass is 16.5. The first-order valence-corrected chi connectivity index (χ1v) is 7.99. The summed E-state index contributed by atoms with van der Waals surface area (Å²) in [4.78, 5) is 14.5. The average molecular weight is 288 g/mol. The number of ether oxygens (including phenoxy) is 1. The van der Waals surface area contributed by atoms with E-state index in [1.54, 1.807) is 0 Å². The van der Waals surface area contributed by atoms with E-state index in [4.69, 9.17) is 4.74 Å². The van der Waals surface area contributed by atoms with Crippen molar-refractivity contribution in [3.8, 4) is 0 Å². The number of benzene rings is 1. The summed E-state index contributed by atoms with van der Waals surface area (Å²) in [6, 6.07) is 10.9. The summed E-state index contributed by atoms with van der Waals surface area (Å²) in [6.07, 6.45) is 3.75. The van der Waals surface area contributed by atoms with E-state index >= 15 is 0 Å². The molecule has 0 radical (unpaired) electrons. The molecule has 4 nitrogen and oxygen atoms in total. The number of carbonyl (C=O) groups is 1. The van der Waals surface area contributed by atoms with Crippen LogP contribution < -0.4 is 5.32 Å². The van der Waals surface area contributed by atoms with E-state index in [9.17, 15) is 4.79 Å². The maximum Gasteiger partial charge on any atom is 0.249 e. The lowest BCUT2D eigenvalue weighted by atomic mass is 10.0. The van der Waals surface area contributed by atoms with Gasteiger partial charge >= 0.3 is 0 Å². The minimum absolute atomic E-state index is 0.0917. The van der Waals surface area contributed by atoms with Crippen molar-refractivity contribution in [1.82, 2.24) is 10.2 Å². The molecule has 1 amide bonds. The lowest BCUT2D eigenvalue weighted by Crippen LogP contribution is -2.47. The van der Waals surface area contributed by atoms with Crippen molar-refractivity contribution in [3.63, 3.8) is 0 Å². The molecule has 0 saturated carbocycles. The molecule has 1 aromatic carbocycles. The van der Waals surface area contributed by atoms with Crippen LogP contribution >= 0.6 is 0 Å². The first-order chi connectivity index (χ1) is 10.3. The van der Waals surface area contributed by atoms with E-state index in [1.807, 2.05) is 0 Å². The zero-order valence-corrected chi connectivity index (χ0v) is 12.5. The Morgan fingerprint density at radius 2 is 1.95 bits per heavy atom. The predicted molar refractivity (Wildman–Crippen MR) is 81.9 cm³/mol. The number of rotatable bonds is 4.